The van der Waals surface area contributed by atoms with E-state index in [9.17, 15) is 10.1 Å². The number of methoxy groups -OCH3 is 2. The Balaban J connectivity index is 1.45. The molecule has 0 unspecified atom stereocenters. The normalized spacial score (nSPS) is 21.3. The molecule has 40 heavy (non-hydrogen) atoms. The summed E-state index contributed by atoms with van der Waals surface area (Å²) in [6, 6.07) is 14.2. The Labute approximate surface area is 235 Å². The van der Waals surface area contributed by atoms with Gasteiger partial charge in [-0.25, -0.2) is 0 Å². The van der Waals surface area contributed by atoms with Gasteiger partial charge in [0.1, 0.15) is 24.2 Å². The predicted octanol–water partition coefficient (Wildman–Crippen LogP) is 3.57. The zero-order chi connectivity index (χ0) is 28.3. The van der Waals surface area contributed by atoms with E-state index in [0.717, 1.165) is 54.4 Å². The lowest BCUT2D eigenvalue weighted by atomic mass is 9.85. The Kier molecular flexibility index (Phi) is 11.2. The lowest BCUT2D eigenvalue weighted by Gasteiger charge is -2.39. The second-order valence-corrected chi connectivity index (χ2v) is 10.1. The first-order chi connectivity index (χ1) is 19.5. The number of nitrogens with zero attached hydrogens (tertiary/aromatic N) is 2. The van der Waals surface area contributed by atoms with E-state index < -0.39 is 11.2 Å². The van der Waals surface area contributed by atoms with Gasteiger partial charge >= 0.3 is 0 Å². The van der Waals surface area contributed by atoms with Crippen LogP contribution in [-0.4, -0.2) is 83.6 Å². The minimum absolute atomic E-state index is 0.0367. The van der Waals surface area contributed by atoms with Crippen LogP contribution in [0.5, 0.6) is 11.5 Å². The summed E-state index contributed by atoms with van der Waals surface area (Å²) >= 11 is 0. The van der Waals surface area contributed by atoms with Gasteiger partial charge in [0.15, 0.2) is 0 Å². The molecular weight excluding hydrogens is 518 g/mol. The van der Waals surface area contributed by atoms with Crippen LogP contribution in [0, 0.1) is 10.1 Å². The number of piperidine rings is 1. The standard InChI is InChI=1S/C29H41N3O8/c1-21(40-32(33)34)11-15-37-27-18-30-19-28(29(27)23-6-8-24(36-3)9-7-23)39-20-22-5-10-26-25(17-22)31(13-16-38-26)12-4-14-35-2/h5-10,17,21,27-30H,4,11-16,18-20H2,1-3H3/t21-,27+,28-,29-/m0/s1. The summed E-state index contributed by atoms with van der Waals surface area (Å²) in [6.07, 6.45) is 0.496. The lowest BCUT2D eigenvalue weighted by Crippen LogP contribution is -2.50. The maximum atomic E-state index is 10.6. The van der Waals surface area contributed by atoms with Crippen molar-refractivity contribution in [2.24, 2.45) is 0 Å². The van der Waals surface area contributed by atoms with Crippen molar-refractivity contribution in [2.45, 2.75) is 50.6 Å². The van der Waals surface area contributed by atoms with Crippen LogP contribution in [0.1, 0.15) is 36.8 Å². The van der Waals surface area contributed by atoms with Gasteiger partial charge in [0, 0.05) is 45.9 Å². The Morgan fingerprint density at radius 1 is 1.10 bits per heavy atom. The third-order valence-electron chi connectivity index (χ3n) is 7.34. The molecule has 220 valence electrons. The minimum atomic E-state index is -0.761. The summed E-state index contributed by atoms with van der Waals surface area (Å²) in [5.74, 6) is 1.64. The molecule has 11 nitrogen and oxygen atoms in total. The number of hydrogen-bond donors (Lipinski definition) is 1. The van der Waals surface area contributed by atoms with Crippen molar-refractivity contribution in [3.05, 3.63) is 63.7 Å². The molecule has 2 aromatic rings. The predicted molar refractivity (Wildman–Crippen MR) is 150 cm³/mol. The maximum absolute atomic E-state index is 10.6. The van der Waals surface area contributed by atoms with Crippen LogP contribution in [0.25, 0.3) is 0 Å². The largest absolute Gasteiger partial charge is 0.497 e. The SMILES string of the molecule is COCCCN1CCOc2ccc(CO[C@H]3CNC[C@@H](OCC[C@H](C)O[N+](=O)[O-])[C@@H]3c3ccc(OC)cc3)cc21. The minimum Gasteiger partial charge on any atom is -0.497 e. The van der Waals surface area contributed by atoms with E-state index in [1.165, 1.54) is 0 Å². The van der Waals surface area contributed by atoms with E-state index in [0.29, 0.717) is 39.3 Å². The van der Waals surface area contributed by atoms with Crippen LogP contribution in [-0.2, 0) is 25.7 Å². The molecule has 0 saturated carbocycles. The van der Waals surface area contributed by atoms with Crippen LogP contribution in [0.15, 0.2) is 42.5 Å². The van der Waals surface area contributed by atoms with E-state index in [1.807, 2.05) is 30.3 Å². The highest BCUT2D eigenvalue weighted by atomic mass is 17.0. The Morgan fingerprint density at radius 2 is 1.88 bits per heavy atom. The maximum Gasteiger partial charge on any atom is 0.294 e. The highest BCUT2D eigenvalue weighted by Crippen LogP contribution is 2.35. The van der Waals surface area contributed by atoms with E-state index >= 15 is 0 Å². The van der Waals surface area contributed by atoms with Gasteiger partial charge in [-0.05, 0) is 55.2 Å². The number of benzene rings is 2. The number of anilines is 1. The van der Waals surface area contributed by atoms with Gasteiger partial charge in [0.2, 0.25) is 0 Å². The zero-order valence-corrected chi connectivity index (χ0v) is 23.6. The number of fused-ring (bicyclic) bond motifs is 1. The highest BCUT2D eigenvalue weighted by molar-refractivity contribution is 5.61. The molecule has 1 fully saturated rings. The molecule has 0 spiro atoms. The average molecular weight is 560 g/mol. The Hall–Kier alpha value is -3.12. The van der Waals surface area contributed by atoms with Crippen LogP contribution < -0.4 is 19.7 Å². The van der Waals surface area contributed by atoms with Gasteiger partial charge in [-0.1, -0.05) is 18.2 Å². The molecule has 11 heteroatoms. The first kappa shape index (κ1) is 29.9. The van der Waals surface area contributed by atoms with Gasteiger partial charge < -0.3 is 38.7 Å². The van der Waals surface area contributed by atoms with Crippen molar-refractivity contribution in [3.63, 3.8) is 0 Å². The van der Waals surface area contributed by atoms with Gasteiger partial charge in [0.25, 0.3) is 5.09 Å². The number of ether oxygens (including phenoxy) is 5. The monoisotopic (exact) mass is 559 g/mol. The first-order valence-electron chi connectivity index (χ1n) is 13.9. The van der Waals surface area contributed by atoms with Gasteiger partial charge in [-0.3, -0.25) is 0 Å². The first-order valence-corrected chi connectivity index (χ1v) is 13.9. The van der Waals surface area contributed by atoms with Crippen molar-refractivity contribution in [2.75, 3.05) is 65.1 Å². The zero-order valence-electron chi connectivity index (χ0n) is 23.6. The average Bonchev–Trinajstić information content (AvgIpc) is 2.96. The van der Waals surface area contributed by atoms with E-state index in [2.05, 4.69) is 27.2 Å². The molecular formula is C29H41N3O8. The molecule has 0 aromatic heterocycles. The van der Waals surface area contributed by atoms with Crippen LogP contribution in [0.4, 0.5) is 5.69 Å². The van der Waals surface area contributed by atoms with Crippen molar-refractivity contribution in [1.29, 1.82) is 0 Å². The van der Waals surface area contributed by atoms with Crippen molar-refractivity contribution < 1.29 is 33.6 Å². The van der Waals surface area contributed by atoms with Crippen molar-refractivity contribution in [1.82, 2.24) is 5.32 Å². The molecule has 0 amide bonds. The molecule has 4 rings (SSSR count). The molecule has 2 aliphatic heterocycles. The molecule has 0 bridgehead atoms. The molecule has 0 radical (unpaired) electrons. The van der Waals surface area contributed by atoms with E-state index in [4.69, 9.17) is 23.7 Å². The van der Waals surface area contributed by atoms with Gasteiger partial charge in [-0.2, -0.15) is 0 Å². The Bertz CT molecular complexity index is 1070. The second-order valence-electron chi connectivity index (χ2n) is 10.1. The molecule has 2 aromatic carbocycles. The van der Waals surface area contributed by atoms with Crippen LogP contribution in [0.2, 0.25) is 0 Å². The number of hydrogen-bond acceptors (Lipinski definition) is 10. The quantitative estimate of drug-likeness (QED) is 0.197. The van der Waals surface area contributed by atoms with Gasteiger partial charge in [0.05, 0.1) is 38.2 Å². The summed E-state index contributed by atoms with van der Waals surface area (Å²) in [5, 5.41) is 13.3. The molecule has 0 aliphatic carbocycles. The van der Waals surface area contributed by atoms with Gasteiger partial charge in [-0.15, -0.1) is 10.1 Å². The smallest absolute Gasteiger partial charge is 0.294 e. The summed E-state index contributed by atoms with van der Waals surface area (Å²) in [6.45, 7) is 6.92. The van der Waals surface area contributed by atoms with E-state index in [1.54, 1.807) is 21.1 Å². The van der Waals surface area contributed by atoms with Crippen molar-refractivity contribution in [3.8, 4) is 11.5 Å². The molecule has 2 heterocycles. The Morgan fingerprint density at radius 3 is 2.60 bits per heavy atom. The summed E-state index contributed by atoms with van der Waals surface area (Å²) in [5.41, 5.74) is 3.25. The topological polar surface area (TPSA) is 114 Å². The fourth-order valence-corrected chi connectivity index (χ4v) is 5.27. The van der Waals surface area contributed by atoms with Crippen LogP contribution >= 0.6 is 0 Å². The molecule has 2 aliphatic rings. The fourth-order valence-electron chi connectivity index (χ4n) is 5.27. The summed E-state index contributed by atoms with van der Waals surface area (Å²) < 4.78 is 29.3. The molecule has 4 atom stereocenters. The third kappa shape index (κ3) is 8.20. The molecule has 1 saturated heterocycles. The van der Waals surface area contributed by atoms with Crippen LogP contribution in [0.3, 0.4) is 0 Å². The summed E-state index contributed by atoms with van der Waals surface area (Å²) in [7, 11) is 3.37. The fraction of sp³-hybridized carbons (Fsp3) is 0.586. The number of nitrogens with one attached hydrogen (secondary N) is 1. The highest BCUT2D eigenvalue weighted by Gasteiger charge is 2.36. The third-order valence-corrected chi connectivity index (χ3v) is 7.34. The summed E-state index contributed by atoms with van der Waals surface area (Å²) in [4.78, 5) is 17.6. The number of rotatable bonds is 15. The second kappa shape index (κ2) is 15.0. The van der Waals surface area contributed by atoms with E-state index in [-0.39, 0.29) is 18.1 Å². The van der Waals surface area contributed by atoms with Crippen molar-refractivity contribution >= 4 is 5.69 Å². The lowest BCUT2D eigenvalue weighted by molar-refractivity contribution is -0.767. The molecule has 1 N–H and O–H groups in total.